The van der Waals surface area contributed by atoms with E-state index in [0.29, 0.717) is 38.0 Å². The van der Waals surface area contributed by atoms with E-state index in [4.69, 9.17) is 9.26 Å². The average Bonchev–Trinajstić information content (AvgIpc) is 3.20. The standard InChI is InChI=1S/C20H27N3O4S/c1-20(19-21-18(27-22-19)17-8-12-26-13-9-17)10-5-11-23(15-20)28(24,25)14-16-6-3-2-4-7-16/h2-4,6-7,17H,5,8-15H2,1H3. The monoisotopic (exact) mass is 405 g/mol. The Morgan fingerprint density at radius 1 is 1.21 bits per heavy atom. The molecule has 4 rings (SSSR count). The lowest BCUT2D eigenvalue weighted by Gasteiger charge is -2.37. The third-order valence-electron chi connectivity index (χ3n) is 5.80. The molecule has 0 bridgehead atoms. The third-order valence-corrected chi connectivity index (χ3v) is 7.60. The number of hydrogen-bond donors (Lipinski definition) is 0. The molecule has 0 aliphatic carbocycles. The number of hydrogen-bond acceptors (Lipinski definition) is 6. The number of nitrogens with zero attached hydrogens (tertiary/aromatic N) is 3. The van der Waals surface area contributed by atoms with Gasteiger partial charge in [0.05, 0.1) is 5.75 Å². The van der Waals surface area contributed by atoms with Gasteiger partial charge in [0.15, 0.2) is 5.82 Å². The highest BCUT2D eigenvalue weighted by Gasteiger charge is 2.41. The van der Waals surface area contributed by atoms with Crippen LogP contribution >= 0.6 is 0 Å². The lowest BCUT2D eigenvalue weighted by atomic mass is 9.82. The predicted octanol–water partition coefficient (Wildman–Crippen LogP) is 2.85. The van der Waals surface area contributed by atoms with Crippen LogP contribution in [0.25, 0.3) is 0 Å². The van der Waals surface area contributed by atoms with Crippen molar-refractivity contribution in [3.63, 3.8) is 0 Å². The van der Waals surface area contributed by atoms with Crippen LogP contribution in [-0.2, 0) is 25.9 Å². The predicted molar refractivity (Wildman–Crippen MR) is 104 cm³/mol. The minimum atomic E-state index is -3.40. The summed E-state index contributed by atoms with van der Waals surface area (Å²) in [4.78, 5) is 4.68. The van der Waals surface area contributed by atoms with Crippen molar-refractivity contribution in [2.75, 3.05) is 26.3 Å². The fraction of sp³-hybridized carbons (Fsp3) is 0.600. The van der Waals surface area contributed by atoms with E-state index in [0.717, 1.165) is 31.2 Å². The molecule has 0 spiro atoms. The molecule has 0 N–H and O–H groups in total. The van der Waals surface area contributed by atoms with Gasteiger partial charge in [-0.05, 0) is 31.2 Å². The first-order valence-electron chi connectivity index (χ1n) is 9.90. The Morgan fingerprint density at radius 3 is 2.71 bits per heavy atom. The van der Waals surface area contributed by atoms with Crippen LogP contribution in [-0.4, -0.2) is 49.2 Å². The topological polar surface area (TPSA) is 85.5 Å². The second-order valence-corrected chi connectivity index (χ2v) is 10.1. The van der Waals surface area contributed by atoms with Crippen LogP contribution in [0.1, 0.15) is 55.8 Å². The lowest BCUT2D eigenvalue weighted by molar-refractivity contribution is 0.0778. The zero-order chi connectivity index (χ0) is 19.6. The number of rotatable bonds is 5. The molecule has 2 saturated heterocycles. The van der Waals surface area contributed by atoms with E-state index >= 15 is 0 Å². The number of piperidine rings is 1. The fourth-order valence-corrected chi connectivity index (χ4v) is 5.76. The van der Waals surface area contributed by atoms with Crippen LogP contribution in [0, 0.1) is 0 Å². The maximum Gasteiger partial charge on any atom is 0.229 e. The second-order valence-electron chi connectivity index (χ2n) is 8.08. The van der Waals surface area contributed by atoms with Gasteiger partial charge in [-0.25, -0.2) is 12.7 Å². The number of benzene rings is 1. The van der Waals surface area contributed by atoms with Gasteiger partial charge in [0.2, 0.25) is 15.9 Å². The molecule has 1 aromatic carbocycles. The maximum atomic E-state index is 13.0. The minimum Gasteiger partial charge on any atom is -0.381 e. The zero-order valence-corrected chi connectivity index (χ0v) is 17.0. The van der Waals surface area contributed by atoms with Crippen LogP contribution in [0.3, 0.4) is 0 Å². The summed E-state index contributed by atoms with van der Waals surface area (Å²) in [5.41, 5.74) is 0.366. The molecule has 0 saturated carbocycles. The Kier molecular flexibility index (Phi) is 5.53. The van der Waals surface area contributed by atoms with E-state index in [1.54, 1.807) is 4.31 Å². The van der Waals surface area contributed by atoms with Gasteiger partial charge in [0.1, 0.15) is 0 Å². The van der Waals surface area contributed by atoms with E-state index < -0.39 is 15.4 Å². The first-order valence-corrected chi connectivity index (χ1v) is 11.5. The molecule has 8 heteroatoms. The molecule has 152 valence electrons. The van der Waals surface area contributed by atoms with Gasteiger partial charge in [-0.15, -0.1) is 0 Å². The largest absolute Gasteiger partial charge is 0.381 e. The van der Waals surface area contributed by atoms with E-state index in [9.17, 15) is 8.42 Å². The number of ether oxygens (including phenoxy) is 1. The van der Waals surface area contributed by atoms with Crippen LogP contribution in [0.2, 0.25) is 0 Å². The van der Waals surface area contributed by atoms with E-state index in [1.165, 1.54) is 0 Å². The van der Waals surface area contributed by atoms with Crippen LogP contribution < -0.4 is 0 Å². The highest BCUT2D eigenvalue weighted by atomic mass is 32.2. The summed E-state index contributed by atoms with van der Waals surface area (Å²) in [7, 11) is -3.40. The first kappa shape index (κ1) is 19.5. The Bertz CT molecular complexity index is 893. The van der Waals surface area contributed by atoms with Gasteiger partial charge >= 0.3 is 0 Å². The summed E-state index contributed by atoms with van der Waals surface area (Å²) in [5, 5.41) is 4.24. The van der Waals surface area contributed by atoms with Gasteiger partial charge in [0, 0.05) is 37.6 Å². The number of aromatic nitrogens is 2. The summed E-state index contributed by atoms with van der Waals surface area (Å²) in [5.74, 6) is 1.53. The molecule has 1 atom stereocenters. The van der Waals surface area contributed by atoms with Crippen LogP contribution in [0.15, 0.2) is 34.9 Å². The summed E-state index contributed by atoms with van der Waals surface area (Å²) in [6.45, 7) is 4.39. The molecule has 0 radical (unpaired) electrons. The number of sulfonamides is 1. The molecule has 1 aromatic heterocycles. The Hall–Kier alpha value is -1.77. The minimum absolute atomic E-state index is 0.0173. The summed E-state index contributed by atoms with van der Waals surface area (Å²) in [6, 6.07) is 9.31. The Morgan fingerprint density at radius 2 is 1.96 bits per heavy atom. The molecule has 2 fully saturated rings. The van der Waals surface area contributed by atoms with Crippen molar-refractivity contribution >= 4 is 10.0 Å². The smallest absolute Gasteiger partial charge is 0.229 e. The van der Waals surface area contributed by atoms with Crippen molar-refractivity contribution in [3.05, 3.63) is 47.6 Å². The molecule has 2 aromatic rings. The highest BCUT2D eigenvalue weighted by molar-refractivity contribution is 7.88. The third kappa shape index (κ3) is 4.14. The van der Waals surface area contributed by atoms with Crippen LogP contribution in [0.5, 0.6) is 0 Å². The Balaban J connectivity index is 1.50. The summed E-state index contributed by atoms with van der Waals surface area (Å²) >= 11 is 0. The lowest BCUT2D eigenvalue weighted by Crippen LogP contribution is -2.47. The molecule has 0 amide bonds. The molecule has 2 aliphatic rings. The second kappa shape index (κ2) is 7.93. The van der Waals surface area contributed by atoms with Gasteiger partial charge in [-0.1, -0.05) is 42.4 Å². The van der Waals surface area contributed by atoms with Crippen molar-refractivity contribution in [2.24, 2.45) is 0 Å². The summed E-state index contributed by atoms with van der Waals surface area (Å²) < 4.78 is 38.5. The quantitative estimate of drug-likeness (QED) is 0.760. The molecular weight excluding hydrogens is 378 g/mol. The molecule has 3 heterocycles. The van der Waals surface area contributed by atoms with Crippen molar-refractivity contribution in [1.82, 2.24) is 14.4 Å². The van der Waals surface area contributed by atoms with Gasteiger partial charge in [0.25, 0.3) is 0 Å². The zero-order valence-electron chi connectivity index (χ0n) is 16.2. The molecular formula is C20H27N3O4S. The molecule has 7 nitrogen and oxygen atoms in total. The highest BCUT2D eigenvalue weighted by Crippen LogP contribution is 2.35. The van der Waals surface area contributed by atoms with E-state index in [2.05, 4.69) is 10.1 Å². The van der Waals surface area contributed by atoms with Crippen molar-refractivity contribution in [2.45, 2.75) is 49.7 Å². The molecule has 28 heavy (non-hydrogen) atoms. The van der Waals surface area contributed by atoms with Crippen molar-refractivity contribution < 1.29 is 17.7 Å². The van der Waals surface area contributed by atoms with E-state index in [-0.39, 0.29) is 11.7 Å². The first-order chi connectivity index (χ1) is 13.5. The molecule has 1 unspecified atom stereocenters. The van der Waals surface area contributed by atoms with Crippen molar-refractivity contribution in [3.8, 4) is 0 Å². The van der Waals surface area contributed by atoms with Crippen LogP contribution in [0.4, 0.5) is 0 Å². The van der Waals surface area contributed by atoms with Gasteiger partial charge in [-0.2, -0.15) is 4.98 Å². The Labute approximate surface area is 166 Å². The van der Waals surface area contributed by atoms with Gasteiger partial charge < -0.3 is 9.26 Å². The SMILES string of the molecule is CC1(c2noc(C3CCOCC3)n2)CCCN(S(=O)(=O)Cc2ccccc2)C1. The maximum absolute atomic E-state index is 13.0. The molecule has 2 aliphatic heterocycles. The normalized spacial score (nSPS) is 25.0. The average molecular weight is 406 g/mol. The van der Waals surface area contributed by atoms with Gasteiger partial charge in [-0.3, -0.25) is 0 Å². The van der Waals surface area contributed by atoms with E-state index in [1.807, 2.05) is 37.3 Å². The van der Waals surface area contributed by atoms with Crippen molar-refractivity contribution in [1.29, 1.82) is 0 Å². The summed E-state index contributed by atoms with van der Waals surface area (Å²) in [6.07, 6.45) is 3.40. The fourth-order valence-electron chi connectivity index (χ4n) is 4.08.